The first kappa shape index (κ1) is 18.9. The number of nitrogens with zero attached hydrogens (tertiary/aromatic N) is 1. The van der Waals surface area contributed by atoms with Gasteiger partial charge in [-0.25, -0.2) is 8.42 Å². The third kappa shape index (κ3) is 2.70. The third-order valence-corrected chi connectivity index (χ3v) is 8.12. The quantitative estimate of drug-likeness (QED) is 0.800. The van der Waals surface area contributed by atoms with Gasteiger partial charge in [0.2, 0.25) is 15.9 Å². The number of hydrogen-bond acceptors (Lipinski definition) is 5. The number of halogens is 1. The average Bonchev–Trinajstić information content (AvgIpc) is 3.38. The summed E-state index contributed by atoms with van der Waals surface area (Å²) in [5.41, 5.74) is 0.956. The maximum atomic E-state index is 13.2. The molecule has 1 saturated heterocycles. The SMILES string of the molecule is COc1ccc(NC(=O)[C@@]23C[C@@H]2CN(c2ccc(Cl)cc2)S3(=O)=O)cc1OC. The van der Waals surface area contributed by atoms with Crippen LogP contribution >= 0.6 is 11.6 Å². The van der Waals surface area contributed by atoms with Crippen LogP contribution in [0.15, 0.2) is 42.5 Å². The molecular formula is C19H19ClN2O5S. The summed E-state index contributed by atoms with van der Waals surface area (Å²) >= 11 is 5.89. The Morgan fingerprint density at radius 3 is 2.46 bits per heavy atom. The molecule has 9 heteroatoms. The van der Waals surface area contributed by atoms with Crippen molar-refractivity contribution < 1.29 is 22.7 Å². The number of fused-ring (bicyclic) bond motifs is 1. The highest BCUT2D eigenvalue weighted by Crippen LogP contribution is 2.58. The molecule has 1 saturated carbocycles. The van der Waals surface area contributed by atoms with Gasteiger partial charge in [0.25, 0.3) is 0 Å². The van der Waals surface area contributed by atoms with Crippen molar-refractivity contribution in [3.05, 3.63) is 47.5 Å². The lowest BCUT2D eigenvalue weighted by atomic mass is 10.2. The highest BCUT2D eigenvalue weighted by atomic mass is 35.5. The summed E-state index contributed by atoms with van der Waals surface area (Å²) in [6, 6.07) is 11.4. The maximum Gasteiger partial charge on any atom is 0.250 e. The number of amides is 1. The Balaban J connectivity index is 1.59. The number of ether oxygens (including phenoxy) is 2. The average molecular weight is 423 g/mol. The molecule has 1 N–H and O–H groups in total. The van der Waals surface area contributed by atoms with E-state index in [9.17, 15) is 13.2 Å². The van der Waals surface area contributed by atoms with Crippen LogP contribution in [0.1, 0.15) is 6.42 Å². The summed E-state index contributed by atoms with van der Waals surface area (Å²) in [7, 11) is -0.840. The summed E-state index contributed by atoms with van der Waals surface area (Å²) in [5, 5.41) is 3.25. The third-order valence-electron chi connectivity index (χ3n) is 5.33. The fourth-order valence-corrected chi connectivity index (χ4v) is 6.22. The lowest BCUT2D eigenvalue weighted by Gasteiger charge is -2.23. The predicted molar refractivity (Wildman–Crippen MR) is 107 cm³/mol. The summed E-state index contributed by atoms with van der Waals surface area (Å²) in [4.78, 5) is 13.0. The van der Waals surface area contributed by atoms with Crippen LogP contribution in [0.5, 0.6) is 11.5 Å². The fraction of sp³-hybridized carbons (Fsp3) is 0.316. The van der Waals surface area contributed by atoms with E-state index in [1.54, 1.807) is 42.5 Å². The van der Waals surface area contributed by atoms with Gasteiger partial charge < -0.3 is 14.8 Å². The second kappa shape index (κ2) is 6.56. The normalized spacial score (nSPS) is 24.4. The van der Waals surface area contributed by atoms with Crippen molar-refractivity contribution in [2.45, 2.75) is 11.2 Å². The molecule has 1 amide bonds. The van der Waals surface area contributed by atoms with Gasteiger partial charge in [0.05, 0.1) is 19.9 Å². The highest BCUT2D eigenvalue weighted by molar-refractivity contribution is 7.95. The molecule has 148 valence electrons. The van der Waals surface area contributed by atoms with Gasteiger partial charge in [-0.3, -0.25) is 9.10 Å². The zero-order chi connectivity index (χ0) is 20.1. The summed E-state index contributed by atoms with van der Waals surface area (Å²) < 4.78 is 36.6. The van der Waals surface area contributed by atoms with Gasteiger partial charge in [0, 0.05) is 29.2 Å². The first-order chi connectivity index (χ1) is 13.3. The maximum absolute atomic E-state index is 13.2. The van der Waals surface area contributed by atoms with Gasteiger partial charge in [-0.1, -0.05) is 11.6 Å². The molecule has 0 unspecified atom stereocenters. The van der Waals surface area contributed by atoms with Crippen LogP contribution in [-0.2, 0) is 14.8 Å². The van der Waals surface area contributed by atoms with E-state index in [1.165, 1.54) is 18.5 Å². The van der Waals surface area contributed by atoms with Gasteiger partial charge in [0.15, 0.2) is 16.2 Å². The molecule has 0 radical (unpaired) electrons. The van der Waals surface area contributed by atoms with Gasteiger partial charge in [-0.05, 0) is 42.8 Å². The molecule has 0 aromatic heterocycles. The summed E-state index contributed by atoms with van der Waals surface area (Å²) in [6.45, 7) is 0.281. The number of sulfonamides is 1. The number of methoxy groups -OCH3 is 2. The van der Waals surface area contributed by atoms with Crippen LogP contribution < -0.4 is 19.1 Å². The number of rotatable bonds is 5. The molecule has 2 aromatic rings. The standard InChI is InChI=1S/C19H19ClN2O5S/c1-26-16-8-5-14(9-17(16)27-2)21-18(23)19-10-12(19)11-22(28(19,24)25)15-6-3-13(20)4-7-15/h3-9,12H,10-11H2,1-2H3,(H,21,23)/t12-,19-/m1/s1. The molecule has 7 nitrogen and oxygen atoms in total. The Hall–Kier alpha value is -2.45. The Morgan fingerprint density at radius 2 is 1.82 bits per heavy atom. The van der Waals surface area contributed by atoms with Crippen molar-refractivity contribution in [3.8, 4) is 11.5 Å². The van der Waals surface area contributed by atoms with Crippen LogP contribution in [0.4, 0.5) is 11.4 Å². The van der Waals surface area contributed by atoms with Crippen LogP contribution in [0.2, 0.25) is 5.02 Å². The number of hydrogen-bond donors (Lipinski definition) is 1. The first-order valence-corrected chi connectivity index (χ1v) is 10.5. The van der Waals surface area contributed by atoms with Gasteiger partial charge in [-0.15, -0.1) is 0 Å². The molecule has 2 aromatic carbocycles. The molecule has 4 rings (SSSR count). The molecule has 2 atom stereocenters. The van der Waals surface area contributed by atoms with E-state index in [0.717, 1.165) is 0 Å². The highest BCUT2D eigenvalue weighted by Gasteiger charge is 2.75. The molecule has 0 bridgehead atoms. The largest absolute Gasteiger partial charge is 0.493 e. The van der Waals surface area contributed by atoms with E-state index in [-0.39, 0.29) is 12.5 Å². The van der Waals surface area contributed by atoms with Crippen molar-refractivity contribution in [1.82, 2.24) is 0 Å². The monoisotopic (exact) mass is 422 g/mol. The van der Waals surface area contributed by atoms with Crippen LogP contribution in [0, 0.1) is 5.92 Å². The molecule has 2 fully saturated rings. The van der Waals surface area contributed by atoms with E-state index in [2.05, 4.69) is 5.32 Å². The molecule has 0 spiro atoms. The number of nitrogens with one attached hydrogen (secondary N) is 1. The van der Waals surface area contributed by atoms with Crippen molar-refractivity contribution in [1.29, 1.82) is 0 Å². The van der Waals surface area contributed by atoms with Crippen molar-refractivity contribution in [2.75, 3.05) is 30.4 Å². The summed E-state index contributed by atoms with van der Waals surface area (Å²) in [5.74, 6) is 0.196. The fourth-order valence-electron chi connectivity index (χ4n) is 3.73. The van der Waals surface area contributed by atoms with Crippen LogP contribution in [-0.4, -0.2) is 39.8 Å². The minimum Gasteiger partial charge on any atom is -0.493 e. The van der Waals surface area contributed by atoms with E-state index < -0.39 is 20.7 Å². The number of carbonyl (C=O) groups is 1. The number of carbonyl (C=O) groups excluding carboxylic acids is 1. The molecular weight excluding hydrogens is 404 g/mol. The minimum absolute atomic E-state index is 0.242. The van der Waals surface area contributed by atoms with Crippen molar-refractivity contribution in [3.63, 3.8) is 0 Å². The Morgan fingerprint density at radius 1 is 1.14 bits per heavy atom. The minimum atomic E-state index is -3.84. The van der Waals surface area contributed by atoms with E-state index >= 15 is 0 Å². The molecule has 1 aliphatic heterocycles. The number of anilines is 2. The van der Waals surface area contributed by atoms with E-state index in [4.69, 9.17) is 21.1 Å². The van der Waals surface area contributed by atoms with Crippen LogP contribution in [0.25, 0.3) is 0 Å². The lowest BCUT2D eigenvalue weighted by molar-refractivity contribution is -0.116. The Labute approximate surface area is 168 Å². The molecule has 28 heavy (non-hydrogen) atoms. The molecule has 2 aliphatic rings. The Kier molecular flexibility index (Phi) is 4.43. The molecule has 1 aliphatic carbocycles. The van der Waals surface area contributed by atoms with E-state index in [1.807, 2.05) is 0 Å². The van der Waals surface area contributed by atoms with Gasteiger partial charge in [-0.2, -0.15) is 0 Å². The summed E-state index contributed by atoms with van der Waals surface area (Å²) in [6.07, 6.45) is 0.318. The van der Waals surface area contributed by atoms with Crippen molar-refractivity contribution >= 4 is 38.9 Å². The van der Waals surface area contributed by atoms with Gasteiger partial charge >= 0.3 is 0 Å². The van der Waals surface area contributed by atoms with Crippen LogP contribution in [0.3, 0.4) is 0 Å². The van der Waals surface area contributed by atoms with E-state index in [0.29, 0.717) is 34.3 Å². The first-order valence-electron chi connectivity index (χ1n) is 8.65. The zero-order valence-electron chi connectivity index (χ0n) is 15.3. The second-order valence-electron chi connectivity index (χ2n) is 6.83. The topological polar surface area (TPSA) is 84.9 Å². The molecule has 1 heterocycles. The van der Waals surface area contributed by atoms with Crippen molar-refractivity contribution in [2.24, 2.45) is 5.92 Å². The Bertz CT molecular complexity index is 1040. The van der Waals surface area contributed by atoms with Gasteiger partial charge in [0.1, 0.15) is 0 Å². The lowest BCUT2D eigenvalue weighted by Crippen LogP contribution is -2.42. The predicted octanol–water partition coefficient (Wildman–Crippen LogP) is 2.90. The number of benzene rings is 2. The second-order valence-corrected chi connectivity index (χ2v) is 9.38. The zero-order valence-corrected chi connectivity index (χ0v) is 16.9. The smallest absolute Gasteiger partial charge is 0.250 e.